The molecule has 1 fully saturated rings. The molecule has 0 bridgehead atoms. The molecule has 2 N–H and O–H groups in total. The first-order valence-corrected chi connectivity index (χ1v) is 8.42. The third-order valence-corrected chi connectivity index (χ3v) is 4.46. The highest BCUT2D eigenvalue weighted by Gasteiger charge is 2.40. The van der Waals surface area contributed by atoms with Gasteiger partial charge in [-0.2, -0.15) is 0 Å². The second-order valence-corrected chi connectivity index (χ2v) is 7.02. The van der Waals surface area contributed by atoms with Crippen LogP contribution in [0.1, 0.15) is 65.7 Å². The Bertz CT molecular complexity index is 341. The first kappa shape index (κ1) is 18.0. The van der Waals surface area contributed by atoms with Crippen LogP contribution < -0.4 is 5.32 Å². The van der Waals surface area contributed by atoms with Crippen LogP contribution in [-0.2, 0) is 9.59 Å². The van der Waals surface area contributed by atoms with Crippen molar-refractivity contribution >= 4 is 11.9 Å². The van der Waals surface area contributed by atoms with Crippen LogP contribution >= 0.6 is 0 Å². The highest BCUT2D eigenvalue weighted by molar-refractivity contribution is 5.85. The van der Waals surface area contributed by atoms with Gasteiger partial charge in [0.1, 0.15) is 0 Å². The molecule has 0 aliphatic heterocycles. The van der Waals surface area contributed by atoms with Crippen molar-refractivity contribution in [1.29, 1.82) is 0 Å². The maximum atomic E-state index is 12.1. The van der Waals surface area contributed by atoms with Crippen LogP contribution in [0.2, 0.25) is 0 Å². The molecular weight excluding hydrogens is 266 g/mol. The molecule has 3 unspecified atom stereocenters. The van der Waals surface area contributed by atoms with Gasteiger partial charge in [-0.25, -0.2) is 0 Å². The predicted molar refractivity (Wildman–Crippen MR) is 83.9 cm³/mol. The molecule has 1 aliphatic rings. The Labute approximate surface area is 128 Å². The van der Waals surface area contributed by atoms with Crippen molar-refractivity contribution < 1.29 is 14.7 Å². The SMILES string of the molecule is CC(C)CCCCCCNC(=O)C1CC(C)CC1C(=O)O. The topological polar surface area (TPSA) is 66.4 Å². The Morgan fingerprint density at radius 2 is 1.71 bits per heavy atom. The van der Waals surface area contributed by atoms with E-state index in [0.717, 1.165) is 18.8 Å². The lowest BCUT2D eigenvalue weighted by atomic mass is 9.95. The number of carboxylic acids is 1. The van der Waals surface area contributed by atoms with Crippen molar-refractivity contribution in [1.82, 2.24) is 5.32 Å². The van der Waals surface area contributed by atoms with Crippen LogP contribution in [0.5, 0.6) is 0 Å². The molecular formula is C17H31NO3. The number of hydrogen-bond donors (Lipinski definition) is 2. The van der Waals surface area contributed by atoms with E-state index in [0.29, 0.717) is 25.3 Å². The number of unbranched alkanes of at least 4 members (excludes halogenated alkanes) is 3. The lowest BCUT2D eigenvalue weighted by Gasteiger charge is -2.15. The van der Waals surface area contributed by atoms with Gasteiger partial charge in [-0.15, -0.1) is 0 Å². The fourth-order valence-corrected chi connectivity index (χ4v) is 3.23. The van der Waals surface area contributed by atoms with Gasteiger partial charge in [0.05, 0.1) is 11.8 Å². The molecule has 0 aromatic carbocycles. The molecule has 1 saturated carbocycles. The molecule has 0 aromatic rings. The van der Waals surface area contributed by atoms with Gasteiger partial charge in [0.25, 0.3) is 0 Å². The van der Waals surface area contributed by atoms with Gasteiger partial charge in [-0.1, -0.05) is 46.5 Å². The second kappa shape index (κ2) is 9.06. The van der Waals surface area contributed by atoms with E-state index in [1.54, 1.807) is 0 Å². The molecule has 122 valence electrons. The zero-order valence-corrected chi connectivity index (χ0v) is 13.7. The summed E-state index contributed by atoms with van der Waals surface area (Å²) in [5.41, 5.74) is 0. The highest BCUT2D eigenvalue weighted by atomic mass is 16.4. The van der Waals surface area contributed by atoms with Gasteiger partial charge in [0.2, 0.25) is 5.91 Å². The normalized spacial score (nSPS) is 25.2. The van der Waals surface area contributed by atoms with Gasteiger partial charge in [0.15, 0.2) is 0 Å². The van der Waals surface area contributed by atoms with E-state index >= 15 is 0 Å². The van der Waals surface area contributed by atoms with Gasteiger partial charge >= 0.3 is 5.97 Å². The average molecular weight is 297 g/mol. The minimum absolute atomic E-state index is 0.0612. The van der Waals surface area contributed by atoms with Crippen molar-refractivity contribution in [3.05, 3.63) is 0 Å². The Balaban J connectivity index is 2.17. The number of nitrogens with one attached hydrogen (secondary N) is 1. The maximum Gasteiger partial charge on any atom is 0.307 e. The third kappa shape index (κ3) is 6.49. The van der Waals surface area contributed by atoms with Crippen molar-refractivity contribution in [2.24, 2.45) is 23.7 Å². The van der Waals surface area contributed by atoms with E-state index in [1.165, 1.54) is 19.3 Å². The highest BCUT2D eigenvalue weighted by Crippen LogP contribution is 2.36. The Kier molecular flexibility index (Phi) is 7.76. The standard InChI is InChI=1S/C17H31NO3/c1-12(2)8-6-4-5-7-9-18-16(19)14-10-13(3)11-15(14)17(20)21/h12-15H,4-11H2,1-3H3,(H,18,19)(H,20,21). The van der Waals surface area contributed by atoms with Crippen LogP contribution in [0, 0.1) is 23.7 Å². The van der Waals surface area contributed by atoms with E-state index < -0.39 is 11.9 Å². The molecule has 21 heavy (non-hydrogen) atoms. The minimum atomic E-state index is -0.826. The molecule has 0 saturated heterocycles. The van der Waals surface area contributed by atoms with Crippen molar-refractivity contribution in [2.45, 2.75) is 65.7 Å². The van der Waals surface area contributed by atoms with Crippen LogP contribution in [0.25, 0.3) is 0 Å². The maximum absolute atomic E-state index is 12.1. The molecule has 1 amide bonds. The lowest BCUT2D eigenvalue weighted by molar-refractivity contribution is -0.146. The van der Waals surface area contributed by atoms with Gasteiger partial charge in [-0.3, -0.25) is 9.59 Å². The lowest BCUT2D eigenvalue weighted by Crippen LogP contribution is -2.35. The number of carbonyl (C=O) groups excluding carboxylic acids is 1. The molecule has 4 heteroatoms. The first-order valence-electron chi connectivity index (χ1n) is 8.42. The smallest absolute Gasteiger partial charge is 0.307 e. The summed E-state index contributed by atoms with van der Waals surface area (Å²) >= 11 is 0. The Morgan fingerprint density at radius 1 is 1.10 bits per heavy atom. The molecule has 0 heterocycles. The van der Waals surface area contributed by atoms with E-state index in [9.17, 15) is 14.7 Å². The van der Waals surface area contributed by atoms with Gasteiger partial charge in [0, 0.05) is 6.54 Å². The molecule has 3 atom stereocenters. The number of aliphatic carboxylic acids is 1. The largest absolute Gasteiger partial charge is 0.481 e. The molecule has 0 spiro atoms. The number of carboxylic acid groups (broad SMARTS) is 1. The monoisotopic (exact) mass is 297 g/mol. The summed E-state index contributed by atoms with van der Waals surface area (Å²) in [5.74, 6) is -0.619. The molecule has 0 radical (unpaired) electrons. The second-order valence-electron chi connectivity index (χ2n) is 7.02. The summed E-state index contributed by atoms with van der Waals surface area (Å²) in [4.78, 5) is 23.3. The van der Waals surface area contributed by atoms with E-state index in [4.69, 9.17) is 0 Å². The quantitative estimate of drug-likeness (QED) is 0.640. The molecule has 4 nitrogen and oxygen atoms in total. The summed E-state index contributed by atoms with van der Waals surface area (Å²) in [6.07, 6.45) is 7.20. The van der Waals surface area contributed by atoms with Crippen molar-refractivity contribution in [2.75, 3.05) is 6.54 Å². The van der Waals surface area contributed by atoms with E-state index in [-0.39, 0.29) is 11.8 Å². The zero-order valence-electron chi connectivity index (χ0n) is 13.7. The number of rotatable bonds is 9. The number of hydrogen-bond acceptors (Lipinski definition) is 2. The Hall–Kier alpha value is -1.06. The average Bonchev–Trinajstić information content (AvgIpc) is 2.79. The summed E-state index contributed by atoms with van der Waals surface area (Å²) in [6.45, 7) is 7.18. The van der Waals surface area contributed by atoms with Crippen LogP contribution in [0.3, 0.4) is 0 Å². The van der Waals surface area contributed by atoms with Gasteiger partial charge < -0.3 is 10.4 Å². The summed E-state index contributed by atoms with van der Waals surface area (Å²) in [5, 5.41) is 12.1. The fourth-order valence-electron chi connectivity index (χ4n) is 3.23. The summed E-state index contributed by atoms with van der Waals surface area (Å²) in [7, 11) is 0. The number of carbonyl (C=O) groups is 2. The molecule has 1 aliphatic carbocycles. The van der Waals surface area contributed by atoms with Crippen molar-refractivity contribution in [3.8, 4) is 0 Å². The minimum Gasteiger partial charge on any atom is -0.481 e. The van der Waals surface area contributed by atoms with Crippen molar-refractivity contribution in [3.63, 3.8) is 0 Å². The van der Waals surface area contributed by atoms with Crippen LogP contribution in [0.15, 0.2) is 0 Å². The third-order valence-electron chi connectivity index (χ3n) is 4.46. The first-order chi connectivity index (χ1) is 9.91. The predicted octanol–water partition coefficient (Wildman–Crippen LogP) is 3.46. The Morgan fingerprint density at radius 3 is 2.33 bits per heavy atom. The van der Waals surface area contributed by atoms with E-state index in [2.05, 4.69) is 19.2 Å². The number of amides is 1. The van der Waals surface area contributed by atoms with Gasteiger partial charge in [-0.05, 0) is 31.1 Å². The van der Waals surface area contributed by atoms with Crippen LogP contribution in [0.4, 0.5) is 0 Å². The van der Waals surface area contributed by atoms with E-state index in [1.807, 2.05) is 6.92 Å². The molecule has 1 rings (SSSR count). The zero-order chi connectivity index (χ0) is 15.8. The summed E-state index contributed by atoms with van der Waals surface area (Å²) in [6, 6.07) is 0. The molecule has 0 aromatic heterocycles. The van der Waals surface area contributed by atoms with Crippen LogP contribution in [-0.4, -0.2) is 23.5 Å². The summed E-state index contributed by atoms with van der Waals surface area (Å²) < 4.78 is 0. The fraction of sp³-hybridized carbons (Fsp3) is 0.882.